The van der Waals surface area contributed by atoms with Crippen molar-refractivity contribution in [1.29, 1.82) is 0 Å². The second-order valence-electron chi connectivity index (χ2n) is 5.66. The van der Waals surface area contributed by atoms with Gasteiger partial charge in [0.15, 0.2) is 11.5 Å². The maximum atomic E-state index is 11.9. The lowest BCUT2D eigenvalue weighted by atomic mass is 9.60. The van der Waals surface area contributed by atoms with Gasteiger partial charge in [0, 0.05) is 0 Å². The molecule has 1 saturated carbocycles. The van der Waals surface area contributed by atoms with Gasteiger partial charge in [0.2, 0.25) is 0 Å². The quantitative estimate of drug-likeness (QED) is 0.791. The molecule has 0 unspecified atom stereocenters. The van der Waals surface area contributed by atoms with Crippen molar-refractivity contribution in [2.75, 3.05) is 14.2 Å². The van der Waals surface area contributed by atoms with Crippen LogP contribution in [0.25, 0.3) is 6.08 Å². The first-order valence-corrected chi connectivity index (χ1v) is 7.16. The largest absolute Gasteiger partial charge is 0.493 e. The van der Waals surface area contributed by atoms with Gasteiger partial charge in [-0.15, -0.1) is 0 Å². The number of aldehydes is 1. The van der Waals surface area contributed by atoms with Gasteiger partial charge in [0.1, 0.15) is 6.29 Å². The molecule has 0 amide bonds. The van der Waals surface area contributed by atoms with Crippen LogP contribution in [-0.4, -0.2) is 20.5 Å². The molecule has 106 valence electrons. The molecule has 0 radical (unpaired) electrons. The predicted molar refractivity (Wildman–Crippen MR) is 78.3 cm³/mol. The number of ether oxygens (including phenoxy) is 2. The normalized spacial score (nSPS) is 27.4. The summed E-state index contributed by atoms with van der Waals surface area (Å²) in [6, 6.07) is 3.96. The highest BCUT2D eigenvalue weighted by atomic mass is 16.5. The molecular weight excluding hydrogens is 252 g/mol. The number of fused-ring (bicyclic) bond motifs is 3. The van der Waals surface area contributed by atoms with Crippen LogP contribution in [0.1, 0.15) is 36.8 Å². The molecule has 3 nitrogen and oxygen atoms in total. The molecule has 1 aromatic rings. The van der Waals surface area contributed by atoms with E-state index in [9.17, 15) is 4.79 Å². The molecule has 0 aliphatic heterocycles. The fourth-order valence-corrected chi connectivity index (χ4v) is 3.69. The molecule has 20 heavy (non-hydrogen) atoms. The van der Waals surface area contributed by atoms with Crippen molar-refractivity contribution < 1.29 is 14.3 Å². The Bertz CT molecular complexity index is 562. The summed E-state index contributed by atoms with van der Waals surface area (Å²) in [7, 11) is 3.27. The minimum Gasteiger partial charge on any atom is -0.493 e. The zero-order valence-electron chi connectivity index (χ0n) is 12.0. The van der Waals surface area contributed by atoms with Crippen molar-refractivity contribution in [3.63, 3.8) is 0 Å². The van der Waals surface area contributed by atoms with E-state index >= 15 is 0 Å². The number of benzene rings is 1. The average molecular weight is 272 g/mol. The fourth-order valence-electron chi connectivity index (χ4n) is 3.69. The van der Waals surface area contributed by atoms with Crippen molar-refractivity contribution >= 4 is 12.4 Å². The van der Waals surface area contributed by atoms with Crippen molar-refractivity contribution in [3.8, 4) is 11.5 Å². The molecule has 0 heterocycles. The lowest BCUT2D eigenvalue weighted by Gasteiger charge is -2.42. The fraction of sp³-hybridized carbons (Fsp3) is 0.471. The highest BCUT2D eigenvalue weighted by molar-refractivity contribution is 5.78. The number of methoxy groups -OCH3 is 2. The van der Waals surface area contributed by atoms with E-state index in [0.717, 1.165) is 36.7 Å². The number of hydrogen-bond acceptors (Lipinski definition) is 3. The Balaban J connectivity index is 2.19. The molecule has 0 aromatic heterocycles. The van der Waals surface area contributed by atoms with E-state index in [2.05, 4.69) is 12.2 Å². The van der Waals surface area contributed by atoms with Gasteiger partial charge in [-0.25, -0.2) is 0 Å². The molecule has 3 heteroatoms. The molecule has 0 spiro atoms. The van der Waals surface area contributed by atoms with Gasteiger partial charge in [0.05, 0.1) is 19.6 Å². The van der Waals surface area contributed by atoms with Gasteiger partial charge in [-0.05, 0) is 42.0 Å². The highest BCUT2D eigenvalue weighted by Crippen LogP contribution is 2.49. The first kappa shape index (κ1) is 13.2. The second kappa shape index (κ2) is 4.97. The second-order valence-corrected chi connectivity index (χ2v) is 5.66. The minimum atomic E-state index is -0.373. The minimum absolute atomic E-state index is 0.319. The van der Waals surface area contributed by atoms with Crippen LogP contribution in [0.15, 0.2) is 18.2 Å². The van der Waals surface area contributed by atoms with E-state index in [0.29, 0.717) is 17.4 Å². The molecule has 1 aromatic carbocycles. The van der Waals surface area contributed by atoms with E-state index in [4.69, 9.17) is 9.47 Å². The lowest BCUT2D eigenvalue weighted by Crippen LogP contribution is -2.40. The van der Waals surface area contributed by atoms with Crippen LogP contribution in [0.4, 0.5) is 0 Å². The molecular formula is C17H20O3. The lowest BCUT2D eigenvalue weighted by molar-refractivity contribution is -0.115. The van der Waals surface area contributed by atoms with Gasteiger partial charge < -0.3 is 14.3 Å². The van der Waals surface area contributed by atoms with Gasteiger partial charge in [-0.1, -0.05) is 25.0 Å². The Labute approximate surface area is 119 Å². The summed E-state index contributed by atoms with van der Waals surface area (Å²) in [5.74, 6) is 1.73. The SMILES string of the molecule is COc1cc2c(cc1OC)[C@@]1(C=O)CCCC[C@@H]1C=C2. The molecule has 3 rings (SSSR count). The maximum absolute atomic E-state index is 11.9. The third-order valence-electron chi connectivity index (χ3n) is 4.79. The maximum Gasteiger partial charge on any atom is 0.161 e. The van der Waals surface area contributed by atoms with Gasteiger partial charge in [0.25, 0.3) is 0 Å². The van der Waals surface area contributed by atoms with E-state index in [1.54, 1.807) is 14.2 Å². The molecule has 1 fully saturated rings. The molecule has 2 atom stereocenters. The van der Waals surface area contributed by atoms with Crippen LogP contribution >= 0.6 is 0 Å². The predicted octanol–water partition coefficient (Wildman–Crippen LogP) is 3.36. The van der Waals surface area contributed by atoms with Crippen LogP contribution in [0, 0.1) is 5.92 Å². The Kier molecular flexibility index (Phi) is 3.28. The Morgan fingerprint density at radius 1 is 1.20 bits per heavy atom. The molecule has 2 aliphatic rings. The number of carbonyl (C=O) groups is 1. The first-order chi connectivity index (χ1) is 9.75. The van der Waals surface area contributed by atoms with Crippen LogP contribution in [0.3, 0.4) is 0 Å². The van der Waals surface area contributed by atoms with Crippen molar-refractivity contribution in [1.82, 2.24) is 0 Å². The third kappa shape index (κ3) is 1.76. The zero-order chi connectivity index (χ0) is 14.2. The average Bonchev–Trinajstić information content (AvgIpc) is 2.52. The molecule has 0 saturated heterocycles. The number of rotatable bonds is 3. The standard InChI is InChI=1S/C17H20O3/c1-19-15-9-12-6-7-13-5-3-4-8-17(13,11-18)14(12)10-16(15)20-2/h6-7,9-11,13H,3-5,8H2,1-2H3/t13-,17-/m1/s1. The monoisotopic (exact) mass is 272 g/mol. The number of carbonyl (C=O) groups excluding carboxylic acids is 1. The topological polar surface area (TPSA) is 35.5 Å². The van der Waals surface area contributed by atoms with Crippen LogP contribution in [-0.2, 0) is 10.2 Å². The van der Waals surface area contributed by atoms with E-state index in [1.807, 2.05) is 12.1 Å². The summed E-state index contributed by atoms with van der Waals surface area (Å²) in [5, 5.41) is 0. The van der Waals surface area contributed by atoms with Crippen LogP contribution < -0.4 is 9.47 Å². The van der Waals surface area contributed by atoms with Crippen LogP contribution in [0.2, 0.25) is 0 Å². The summed E-state index contributed by atoms with van der Waals surface area (Å²) in [6.07, 6.45) is 9.79. The smallest absolute Gasteiger partial charge is 0.161 e. The van der Waals surface area contributed by atoms with Crippen LogP contribution in [0.5, 0.6) is 11.5 Å². The summed E-state index contributed by atoms with van der Waals surface area (Å²) in [6.45, 7) is 0. The third-order valence-corrected chi connectivity index (χ3v) is 4.79. The van der Waals surface area contributed by atoms with Crippen molar-refractivity contribution in [2.45, 2.75) is 31.1 Å². The first-order valence-electron chi connectivity index (χ1n) is 7.16. The van der Waals surface area contributed by atoms with Crippen molar-refractivity contribution in [3.05, 3.63) is 29.3 Å². The highest BCUT2D eigenvalue weighted by Gasteiger charge is 2.44. The van der Waals surface area contributed by atoms with E-state index < -0.39 is 0 Å². The number of allylic oxidation sites excluding steroid dienone is 1. The Morgan fingerprint density at radius 2 is 1.95 bits per heavy atom. The summed E-state index contributed by atoms with van der Waals surface area (Å²) >= 11 is 0. The summed E-state index contributed by atoms with van der Waals surface area (Å²) in [5.41, 5.74) is 1.80. The number of hydrogen-bond donors (Lipinski definition) is 0. The van der Waals surface area contributed by atoms with Crippen molar-refractivity contribution in [2.24, 2.45) is 5.92 Å². The van der Waals surface area contributed by atoms with Gasteiger partial charge in [-0.2, -0.15) is 0 Å². The summed E-state index contributed by atoms with van der Waals surface area (Å²) in [4.78, 5) is 11.9. The Morgan fingerprint density at radius 3 is 2.65 bits per heavy atom. The van der Waals surface area contributed by atoms with Gasteiger partial charge in [-0.3, -0.25) is 0 Å². The van der Waals surface area contributed by atoms with E-state index in [1.165, 1.54) is 6.42 Å². The molecule has 2 aliphatic carbocycles. The van der Waals surface area contributed by atoms with E-state index in [-0.39, 0.29) is 5.41 Å². The molecule has 0 N–H and O–H groups in total. The summed E-state index contributed by atoms with van der Waals surface area (Å²) < 4.78 is 10.8. The zero-order valence-corrected chi connectivity index (χ0v) is 12.0. The molecule has 0 bridgehead atoms. The Hall–Kier alpha value is -1.77. The van der Waals surface area contributed by atoms with Gasteiger partial charge >= 0.3 is 0 Å².